The van der Waals surface area contributed by atoms with Gasteiger partial charge in [-0.2, -0.15) is 0 Å². The molecule has 0 radical (unpaired) electrons. The quantitative estimate of drug-likeness (QED) is 0.379. The van der Waals surface area contributed by atoms with Crippen molar-refractivity contribution in [2.45, 2.75) is 53.2 Å². The van der Waals surface area contributed by atoms with Gasteiger partial charge in [-0.25, -0.2) is 37.7 Å². The lowest BCUT2D eigenvalue weighted by molar-refractivity contribution is -0.140. The monoisotopic (exact) mass is 409 g/mol. The van der Waals surface area contributed by atoms with Gasteiger partial charge >= 0.3 is 29.0 Å². The molecule has 29 heavy (non-hydrogen) atoms. The summed E-state index contributed by atoms with van der Waals surface area (Å²) in [5.41, 5.74) is -2.07. The molecule has 0 fully saturated rings. The first-order chi connectivity index (χ1) is 13.6. The average molecular weight is 409 g/mol. The molecule has 0 aromatic carbocycles. The van der Waals surface area contributed by atoms with Crippen LogP contribution >= 0.6 is 0 Å². The second-order valence-electron chi connectivity index (χ2n) is 6.49. The van der Waals surface area contributed by atoms with Gasteiger partial charge in [0.15, 0.2) is 0 Å². The standard InChI is InChI=1S/C19H27N3O7/c1-6-7-8-20-17(25)21(9-11-28-15(23)13(2)3)19(27)22(18(20)26)10-12-29-16(24)14(4)5/h2,4,6-12H2,1,3,5H3. The number of ether oxygens (including phenoxy) is 2. The number of esters is 2. The van der Waals surface area contributed by atoms with E-state index in [0.29, 0.717) is 6.42 Å². The predicted molar refractivity (Wildman–Crippen MR) is 106 cm³/mol. The van der Waals surface area contributed by atoms with E-state index in [1.165, 1.54) is 13.8 Å². The molecule has 0 saturated carbocycles. The number of hydrogen-bond acceptors (Lipinski definition) is 7. The highest BCUT2D eigenvalue weighted by Crippen LogP contribution is 1.94. The van der Waals surface area contributed by atoms with Gasteiger partial charge in [0.1, 0.15) is 13.2 Å². The van der Waals surface area contributed by atoms with Crippen LogP contribution in [-0.4, -0.2) is 38.9 Å². The van der Waals surface area contributed by atoms with E-state index in [-0.39, 0.29) is 44.0 Å². The molecule has 1 rings (SSSR count). The van der Waals surface area contributed by atoms with Gasteiger partial charge in [-0.3, -0.25) is 0 Å². The zero-order valence-corrected chi connectivity index (χ0v) is 17.1. The third-order valence-corrected chi connectivity index (χ3v) is 3.91. The van der Waals surface area contributed by atoms with Crippen molar-refractivity contribution in [1.82, 2.24) is 13.7 Å². The van der Waals surface area contributed by atoms with Gasteiger partial charge in [0.2, 0.25) is 0 Å². The molecule has 0 aliphatic heterocycles. The van der Waals surface area contributed by atoms with Gasteiger partial charge < -0.3 is 9.47 Å². The number of unbranched alkanes of at least 4 members (excludes halogenated alkanes) is 1. The molecule has 0 aliphatic carbocycles. The first-order valence-corrected chi connectivity index (χ1v) is 9.21. The van der Waals surface area contributed by atoms with Gasteiger partial charge in [0.05, 0.1) is 13.1 Å². The Hall–Kier alpha value is -3.17. The second-order valence-corrected chi connectivity index (χ2v) is 6.49. The fourth-order valence-electron chi connectivity index (χ4n) is 2.28. The van der Waals surface area contributed by atoms with Crippen molar-refractivity contribution in [3.05, 3.63) is 55.8 Å². The molecule has 0 spiro atoms. The van der Waals surface area contributed by atoms with E-state index in [4.69, 9.17) is 9.47 Å². The Bertz CT molecular complexity index is 895. The summed E-state index contributed by atoms with van der Waals surface area (Å²) in [6, 6.07) is 0. The van der Waals surface area contributed by atoms with Crippen molar-refractivity contribution < 1.29 is 19.1 Å². The number of rotatable bonds is 11. The molecule has 0 amide bonds. The van der Waals surface area contributed by atoms with Crippen molar-refractivity contribution in [2.24, 2.45) is 0 Å². The van der Waals surface area contributed by atoms with E-state index in [9.17, 15) is 24.0 Å². The highest BCUT2D eigenvalue weighted by atomic mass is 16.5. The molecule has 1 aromatic rings. The summed E-state index contributed by atoms with van der Waals surface area (Å²) >= 11 is 0. The van der Waals surface area contributed by atoms with Gasteiger partial charge in [-0.15, -0.1) is 0 Å². The smallest absolute Gasteiger partial charge is 0.336 e. The molecule has 0 saturated heterocycles. The maximum atomic E-state index is 12.7. The summed E-state index contributed by atoms with van der Waals surface area (Å²) < 4.78 is 12.5. The Labute approximate surface area is 167 Å². The largest absolute Gasteiger partial charge is 0.460 e. The minimum atomic E-state index is -0.870. The summed E-state index contributed by atoms with van der Waals surface area (Å²) in [6.07, 6.45) is 1.29. The molecule has 10 nitrogen and oxygen atoms in total. The maximum Gasteiger partial charge on any atom is 0.336 e. The Kier molecular flexibility index (Phi) is 9.04. The molecule has 10 heteroatoms. The van der Waals surface area contributed by atoms with E-state index >= 15 is 0 Å². The summed E-state index contributed by atoms with van der Waals surface area (Å²) in [4.78, 5) is 60.8. The lowest BCUT2D eigenvalue weighted by Gasteiger charge is -2.14. The molecule has 0 atom stereocenters. The van der Waals surface area contributed by atoms with Crippen molar-refractivity contribution >= 4 is 11.9 Å². The van der Waals surface area contributed by atoms with Crippen molar-refractivity contribution in [3.8, 4) is 0 Å². The van der Waals surface area contributed by atoms with Crippen molar-refractivity contribution in [1.29, 1.82) is 0 Å². The molecule has 160 valence electrons. The molecular weight excluding hydrogens is 382 g/mol. The number of carbonyl (C=O) groups excluding carboxylic acids is 2. The van der Waals surface area contributed by atoms with Crippen LogP contribution in [0.15, 0.2) is 38.7 Å². The fourth-order valence-corrected chi connectivity index (χ4v) is 2.28. The number of aromatic nitrogens is 3. The van der Waals surface area contributed by atoms with Gasteiger partial charge in [0, 0.05) is 17.7 Å². The third kappa shape index (κ3) is 6.44. The van der Waals surface area contributed by atoms with E-state index in [2.05, 4.69) is 13.2 Å². The number of nitrogens with zero attached hydrogens (tertiary/aromatic N) is 3. The molecule has 0 N–H and O–H groups in total. The Morgan fingerprint density at radius 3 is 1.41 bits per heavy atom. The van der Waals surface area contributed by atoms with Crippen LogP contribution in [0.5, 0.6) is 0 Å². The van der Waals surface area contributed by atoms with Crippen LogP contribution in [0.1, 0.15) is 33.6 Å². The van der Waals surface area contributed by atoms with Crippen LogP contribution in [0, 0.1) is 0 Å². The van der Waals surface area contributed by atoms with Crippen LogP contribution in [0.2, 0.25) is 0 Å². The Balaban J connectivity index is 3.20. The molecule has 0 unspecified atom stereocenters. The minimum absolute atomic E-state index is 0.131. The molecular formula is C19H27N3O7. The SMILES string of the molecule is C=C(C)C(=O)OCCn1c(=O)n(CCCC)c(=O)n(CCOC(=O)C(=C)C)c1=O. The fraction of sp³-hybridized carbons (Fsp3) is 0.526. The Morgan fingerprint density at radius 1 is 0.759 bits per heavy atom. The van der Waals surface area contributed by atoms with Gasteiger partial charge in [-0.1, -0.05) is 26.5 Å². The van der Waals surface area contributed by atoms with Crippen molar-refractivity contribution in [3.63, 3.8) is 0 Å². The summed E-state index contributed by atoms with van der Waals surface area (Å²) in [6.45, 7) is 10.9. The van der Waals surface area contributed by atoms with Gasteiger partial charge in [0.25, 0.3) is 0 Å². The second kappa shape index (κ2) is 11.0. The third-order valence-electron chi connectivity index (χ3n) is 3.91. The minimum Gasteiger partial charge on any atom is -0.460 e. The number of carbonyl (C=O) groups is 2. The predicted octanol–water partition coefficient (Wildman–Crippen LogP) is 0.210. The lowest BCUT2D eigenvalue weighted by atomic mass is 10.3. The highest BCUT2D eigenvalue weighted by Gasteiger charge is 2.16. The van der Waals surface area contributed by atoms with Crippen LogP contribution in [0.4, 0.5) is 0 Å². The van der Waals surface area contributed by atoms with Gasteiger partial charge in [-0.05, 0) is 20.3 Å². The summed E-state index contributed by atoms with van der Waals surface area (Å²) in [5, 5.41) is 0. The van der Waals surface area contributed by atoms with E-state index in [1.54, 1.807) is 0 Å². The lowest BCUT2D eigenvalue weighted by Crippen LogP contribution is -2.55. The zero-order chi connectivity index (χ0) is 22.1. The normalized spacial score (nSPS) is 10.4. The van der Waals surface area contributed by atoms with Crippen LogP contribution < -0.4 is 17.1 Å². The topological polar surface area (TPSA) is 119 Å². The summed E-state index contributed by atoms with van der Waals surface area (Å²) in [5.74, 6) is -1.30. The summed E-state index contributed by atoms with van der Waals surface area (Å²) in [7, 11) is 0. The first kappa shape index (κ1) is 23.9. The highest BCUT2D eigenvalue weighted by molar-refractivity contribution is 5.87. The molecule has 1 aromatic heterocycles. The number of hydrogen-bond donors (Lipinski definition) is 0. The van der Waals surface area contributed by atoms with E-state index < -0.39 is 29.0 Å². The average Bonchev–Trinajstić information content (AvgIpc) is 2.66. The van der Waals surface area contributed by atoms with Crippen LogP contribution in [0.25, 0.3) is 0 Å². The molecule has 0 aliphatic rings. The van der Waals surface area contributed by atoms with Crippen LogP contribution in [-0.2, 0) is 38.7 Å². The van der Waals surface area contributed by atoms with Crippen molar-refractivity contribution in [2.75, 3.05) is 13.2 Å². The Morgan fingerprint density at radius 2 is 1.10 bits per heavy atom. The zero-order valence-electron chi connectivity index (χ0n) is 17.1. The van der Waals surface area contributed by atoms with E-state index in [0.717, 1.165) is 20.1 Å². The molecule has 1 heterocycles. The van der Waals surface area contributed by atoms with Crippen LogP contribution in [0.3, 0.4) is 0 Å². The van der Waals surface area contributed by atoms with E-state index in [1.807, 2.05) is 6.92 Å². The maximum absolute atomic E-state index is 12.7. The first-order valence-electron chi connectivity index (χ1n) is 9.21. The molecule has 0 bridgehead atoms.